The zero-order valence-corrected chi connectivity index (χ0v) is 19.0. The number of nitrogens with zero attached hydrogens (tertiary/aromatic N) is 5. The smallest absolute Gasteiger partial charge is 0.253 e. The third-order valence-corrected chi connectivity index (χ3v) is 7.12. The molecule has 1 unspecified atom stereocenters. The number of rotatable bonds is 6. The van der Waals surface area contributed by atoms with Crippen LogP contribution < -0.4 is 5.84 Å². The second-order valence-corrected chi connectivity index (χ2v) is 9.24. The van der Waals surface area contributed by atoms with Crippen molar-refractivity contribution in [3.05, 3.63) is 75.8 Å². The first-order chi connectivity index (χ1) is 15.6. The van der Waals surface area contributed by atoms with Gasteiger partial charge in [0.15, 0.2) is 5.82 Å². The van der Waals surface area contributed by atoms with Crippen LogP contribution in [0.4, 0.5) is 0 Å². The van der Waals surface area contributed by atoms with Crippen LogP contribution in [0.5, 0.6) is 0 Å². The third kappa shape index (κ3) is 3.92. The van der Waals surface area contributed by atoms with Crippen LogP contribution in [-0.2, 0) is 4.79 Å². The minimum atomic E-state index is -0.287. The van der Waals surface area contributed by atoms with Gasteiger partial charge in [0.25, 0.3) is 5.91 Å². The largest absolute Gasteiger partial charge is 0.467 e. The second kappa shape index (κ2) is 8.81. The molecule has 8 nitrogen and oxygen atoms in total. The van der Waals surface area contributed by atoms with Gasteiger partial charge in [0.2, 0.25) is 5.16 Å². The second-order valence-electron chi connectivity index (χ2n) is 6.94. The van der Waals surface area contributed by atoms with E-state index in [0.717, 1.165) is 10.6 Å². The molecule has 0 fully saturated rings. The van der Waals surface area contributed by atoms with Gasteiger partial charge in [-0.05, 0) is 35.7 Å². The van der Waals surface area contributed by atoms with Gasteiger partial charge in [0, 0.05) is 12.0 Å². The number of thioether (sulfide) groups is 1. The zero-order valence-electron chi connectivity index (χ0n) is 16.6. The molecule has 0 saturated carbocycles. The summed E-state index contributed by atoms with van der Waals surface area (Å²) in [6, 6.07) is 14.6. The number of thiophene rings is 1. The lowest BCUT2D eigenvalue weighted by Gasteiger charge is -2.19. The van der Waals surface area contributed by atoms with Gasteiger partial charge in [0.05, 0.1) is 27.6 Å². The molecular formula is C21H17ClN6O2S2. The molecule has 0 aliphatic carbocycles. The van der Waals surface area contributed by atoms with Gasteiger partial charge in [-0.25, -0.2) is 9.69 Å². The molecule has 0 bridgehead atoms. The van der Waals surface area contributed by atoms with Gasteiger partial charge in [-0.15, -0.1) is 21.5 Å². The Bertz CT molecular complexity index is 1270. The molecular weight excluding hydrogens is 468 g/mol. The maximum atomic E-state index is 13.1. The highest BCUT2D eigenvalue weighted by Gasteiger charge is 2.35. The summed E-state index contributed by atoms with van der Waals surface area (Å²) >= 11 is 9.04. The number of benzene rings is 1. The van der Waals surface area contributed by atoms with Crippen LogP contribution in [0.2, 0.25) is 5.02 Å². The van der Waals surface area contributed by atoms with E-state index in [-0.39, 0.29) is 17.7 Å². The molecule has 1 aliphatic rings. The molecule has 11 heteroatoms. The van der Waals surface area contributed by atoms with Crippen LogP contribution in [0.25, 0.3) is 11.4 Å². The monoisotopic (exact) mass is 484 g/mol. The van der Waals surface area contributed by atoms with E-state index >= 15 is 0 Å². The molecule has 1 atom stereocenters. The molecule has 0 radical (unpaired) electrons. The topological polar surface area (TPSA) is 103 Å². The van der Waals surface area contributed by atoms with Crippen molar-refractivity contribution < 1.29 is 9.21 Å². The van der Waals surface area contributed by atoms with Gasteiger partial charge in [-0.2, -0.15) is 5.10 Å². The van der Waals surface area contributed by atoms with Gasteiger partial charge in [-0.1, -0.05) is 41.6 Å². The standard InChI is InChI=1S/C21H17ClN6O2S2/c22-14-6-2-1-5-13(14)20-24-25-21(27(20)23)32-12-19(29)28-16(17-7-3-9-30-17)11-15(26-28)18-8-4-10-31-18/h1-10,16H,11-12,23H2. The molecule has 0 saturated heterocycles. The van der Waals surface area contributed by atoms with Gasteiger partial charge >= 0.3 is 0 Å². The summed E-state index contributed by atoms with van der Waals surface area (Å²) in [5, 5.41) is 17.3. The van der Waals surface area contributed by atoms with Crippen LogP contribution in [-0.4, -0.2) is 37.3 Å². The minimum Gasteiger partial charge on any atom is -0.467 e. The summed E-state index contributed by atoms with van der Waals surface area (Å²) in [5.74, 6) is 7.22. The molecule has 5 rings (SSSR count). The maximum Gasteiger partial charge on any atom is 0.253 e. The molecule has 162 valence electrons. The minimum absolute atomic E-state index is 0.0935. The average Bonchev–Trinajstić information content (AvgIpc) is 3.59. The van der Waals surface area contributed by atoms with Crippen LogP contribution in [0.15, 0.2) is 74.8 Å². The highest BCUT2D eigenvalue weighted by Crippen LogP contribution is 2.35. The number of furan rings is 1. The molecule has 32 heavy (non-hydrogen) atoms. The summed E-state index contributed by atoms with van der Waals surface area (Å²) < 4.78 is 6.92. The number of hydrogen-bond donors (Lipinski definition) is 1. The van der Waals surface area contributed by atoms with E-state index in [1.165, 1.54) is 21.4 Å². The fourth-order valence-corrected chi connectivity index (χ4v) is 5.08. The number of carbonyl (C=O) groups is 1. The lowest BCUT2D eigenvalue weighted by atomic mass is 10.1. The normalized spacial score (nSPS) is 15.8. The van der Waals surface area contributed by atoms with Crippen molar-refractivity contribution >= 4 is 46.3 Å². The fourth-order valence-electron chi connectivity index (χ4n) is 3.43. The Balaban J connectivity index is 1.34. The number of aromatic nitrogens is 3. The molecule has 1 aromatic carbocycles. The number of hydrazone groups is 1. The van der Waals surface area contributed by atoms with Crippen LogP contribution in [0, 0.1) is 0 Å². The first-order valence-corrected chi connectivity index (χ1v) is 11.9. The van der Waals surface area contributed by atoms with E-state index in [0.29, 0.717) is 33.7 Å². The number of nitrogens with two attached hydrogens (primary N) is 1. The van der Waals surface area contributed by atoms with E-state index < -0.39 is 0 Å². The highest BCUT2D eigenvalue weighted by molar-refractivity contribution is 7.99. The first kappa shape index (κ1) is 20.8. The Labute approximate surface area is 196 Å². The molecule has 3 aromatic heterocycles. The predicted octanol–water partition coefficient (Wildman–Crippen LogP) is 4.44. The quantitative estimate of drug-likeness (QED) is 0.320. The number of halogens is 1. The summed E-state index contributed by atoms with van der Waals surface area (Å²) in [6.07, 6.45) is 2.19. The molecule has 1 aliphatic heterocycles. The lowest BCUT2D eigenvalue weighted by Crippen LogP contribution is -2.28. The van der Waals surface area contributed by atoms with Crippen LogP contribution in [0.1, 0.15) is 23.1 Å². The number of nitrogen functional groups attached to an aromatic ring is 1. The molecule has 4 heterocycles. The predicted molar refractivity (Wildman–Crippen MR) is 125 cm³/mol. The van der Waals surface area contributed by atoms with E-state index in [9.17, 15) is 4.79 Å². The van der Waals surface area contributed by atoms with Crippen molar-refractivity contribution in [3.8, 4) is 11.4 Å². The summed E-state index contributed by atoms with van der Waals surface area (Å²) in [4.78, 5) is 14.2. The van der Waals surface area contributed by atoms with Crippen LogP contribution >= 0.6 is 34.7 Å². The van der Waals surface area contributed by atoms with E-state index in [1.807, 2.05) is 47.8 Å². The van der Waals surface area contributed by atoms with Gasteiger partial charge in [0.1, 0.15) is 11.8 Å². The SMILES string of the molecule is Nn1c(SCC(=O)N2N=C(c3cccs3)CC2c2ccco2)nnc1-c1ccccc1Cl. The summed E-state index contributed by atoms with van der Waals surface area (Å²) in [6.45, 7) is 0. The van der Waals surface area contributed by atoms with Crippen molar-refractivity contribution in [2.24, 2.45) is 5.10 Å². The Morgan fingerprint density at radius 1 is 1.22 bits per heavy atom. The Morgan fingerprint density at radius 3 is 2.84 bits per heavy atom. The van der Waals surface area contributed by atoms with Gasteiger partial charge < -0.3 is 10.3 Å². The molecule has 4 aromatic rings. The Morgan fingerprint density at radius 2 is 2.09 bits per heavy atom. The summed E-state index contributed by atoms with van der Waals surface area (Å²) in [5.41, 5.74) is 1.53. The zero-order chi connectivity index (χ0) is 22.1. The summed E-state index contributed by atoms with van der Waals surface area (Å²) in [7, 11) is 0. The number of hydrogen-bond acceptors (Lipinski definition) is 8. The van der Waals surface area contributed by atoms with Crippen molar-refractivity contribution in [1.29, 1.82) is 0 Å². The van der Waals surface area contributed by atoms with Crippen molar-refractivity contribution in [2.45, 2.75) is 17.6 Å². The van der Waals surface area contributed by atoms with Crippen LogP contribution in [0.3, 0.4) is 0 Å². The number of amides is 1. The highest BCUT2D eigenvalue weighted by atomic mass is 35.5. The van der Waals surface area contributed by atoms with Crippen molar-refractivity contribution in [2.75, 3.05) is 11.6 Å². The van der Waals surface area contributed by atoms with E-state index in [1.54, 1.807) is 23.7 Å². The number of carbonyl (C=O) groups excluding carboxylic acids is 1. The molecule has 1 amide bonds. The van der Waals surface area contributed by atoms with Crippen molar-refractivity contribution in [3.63, 3.8) is 0 Å². The Hall–Kier alpha value is -3.08. The average molecular weight is 485 g/mol. The third-order valence-electron chi connectivity index (χ3n) is 4.95. The van der Waals surface area contributed by atoms with Crippen molar-refractivity contribution in [1.82, 2.24) is 19.9 Å². The Kier molecular flexibility index (Phi) is 5.73. The van der Waals surface area contributed by atoms with E-state index in [2.05, 4.69) is 15.3 Å². The first-order valence-electron chi connectivity index (χ1n) is 9.67. The van der Waals surface area contributed by atoms with E-state index in [4.69, 9.17) is 21.9 Å². The maximum absolute atomic E-state index is 13.1. The van der Waals surface area contributed by atoms with Gasteiger partial charge in [-0.3, -0.25) is 4.79 Å². The fraction of sp³-hybridized carbons (Fsp3) is 0.143. The molecule has 0 spiro atoms. The lowest BCUT2D eigenvalue weighted by molar-refractivity contribution is -0.130. The molecule has 2 N–H and O–H groups in total.